The van der Waals surface area contributed by atoms with Gasteiger partial charge in [-0.3, -0.25) is 4.79 Å². The Labute approximate surface area is 146 Å². The smallest absolute Gasteiger partial charge is 0.277 e. The van der Waals surface area contributed by atoms with Gasteiger partial charge in [-0.25, -0.2) is 0 Å². The summed E-state index contributed by atoms with van der Waals surface area (Å²) < 4.78 is 5.67. The van der Waals surface area contributed by atoms with Crippen molar-refractivity contribution in [1.82, 2.24) is 15.5 Å². The van der Waals surface area contributed by atoms with Gasteiger partial charge in [0, 0.05) is 11.6 Å². The molecule has 0 spiro atoms. The third kappa shape index (κ3) is 4.38. The second kappa shape index (κ2) is 7.83. The summed E-state index contributed by atoms with van der Waals surface area (Å²) in [6.45, 7) is 4.28. The van der Waals surface area contributed by atoms with Gasteiger partial charge < -0.3 is 9.73 Å². The fraction of sp³-hybridized carbons (Fsp3) is 0.500. The minimum Gasteiger partial charge on any atom is -0.411 e. The summed E-state index contributed by atoms with van der Waals surface area (Å²) in [5, 5.41) is 11.6. The minimum atomic E-state index is 0.0372. The Hall–Kier alpha value is -1.82. The standard InChI is InChI=1S/C18H23N3O2S/c1-12-7-9-14(10-8-12)19-16(22)11-24-18-21-20-17(23-18)15-6-4-3-5-13(15)2/h3-6,12,14H,7-11H2,1-2H3,(H,19,22). The molecular weight excluding hydrogens is 322 g/mol. The van der Waals surface area contributed by atoms with E-state index in [2.05, 4.69) is 22.4 Å². The second-order valence-electron chi connectivity index (χ2n) is 6.50. The number of hydrogen-bond acceptors (Lipinski definition) is 5. The normalized spacial score (nSPS) is 20.8. The van der Waals surface area contributed by atoms with Gasteiger partial charge in [0.15, 0.2) is 0 Å². The molecule has 0 aliphatic heterocycles. The Balaban J connectivity index is 1.50. The van der Waals surface area contributed by atoms with Crippen LogP contribution in [0.25, 0.3) is 11.5 Å². The number of aryl methyl sites for hydroxylation is 1. The second-order valence-corrected chi connectivity index (χ2v) is 7.43. The van der Waals surface area contributed by atoms with Crippen molar-refractivity contribution >= 4 is 17.7 Å². The number of nitrogens with zero attached hydrogens (tertiary/aromatic N) is 2. The SMILES string of the molecule is Cc1ccccc1-c1nnc(SCC(=O)NC2CCC(C)CC2)o1. The van der Waals surface area contributed by atoms with E-state index in [-0.39, 0.29) is 5.91 Å². The van der Waals surface area contributed by atoms with Crippen LogP contribution in [0.2, 0.25) is 0 Å². The number of benzene rings is 1. The Bertz CT molecular complexity index is 693. The highest BCUT2D eigenvalue weighted by molar-refractivity contribution is 7.99. The fourth-order valence-electron chi connectivity index (χ4n) is 2.99. The Morgan fingerprint density at radius 3 is 2.75 bits per heavy atom. The predicted molar refractivity (Wildman–Crippen MR) is 94.8 cm³/mol. The molecule has 1 aromatic heterocycles. The lowest BCUT2D eigenvalue weighted by molar-refractivity contribution is -0.119. The first-order valence-electron chi connectivity index (χ1n) is 8.43. The van der Waals surface area contributed by atoms with Crippen LogP contribution >= 0.6 is 11.8 Å². The maximum absolute atomic E-state index is 12.1. The van der Waals surface area contributed by atoms with Crippen molar-refractivity contribution in [3.05, 3.63) is 29.8 Å². The van der Waals surface area contributed by atoms with Crippen LogP contribution in [0, 0.1) is 12.8 Å². The minimum absolute atomic E-state index is 0.0372. The van der Waals surface area contributed by atoms with Crippen LogP contribution < -0.4 is 5.32 Å². The molecule has 0 unspecified atom stereocenters. The van der Waals surface area contributed by atoms with E-state index in [1.807, 2.05) is 31.2 Å². The van der Waals surface area contributed by atoms with Gasteiger partial charge in [0.05, 0.1) is 5.75 Å². The zero-order valence-corrected chi connectivity index (χ0v) is 14.9. The van der Waals surface area contributed by atoms with Gasteiger partial charge in [-0.05, 0) is 50.2 Å². The monoisotopic (exact) mass is 345 g/mol. The molecule has 1 aliphatic rings. The van der Waals surface area contributed by atoms with Crippen LogP contribution in [-0.4, -0.2) is 27.9 Å². The first-order chi connectivity index (χ1) is 11.6. The Morgan fingerprint density at radius 2 is 2.00 bits per heavy atom. The molecule has 6 heteroatoms. The van der Waals surface area contributed by atoms with Gasteiger partial charge in [0.2, 0.25) is 11.8 Å². The number of amides is 1. The molecule has 1 aromatic carbocycles. The first-order valence-corrected chi connectivity index (χ1v) is 9.42. The predicted octanol–water partition coefficient (Wildman–Crippen LogP) is 3.83. The zero-order chi connectivity index (χ0) is 16.9. The first kappa shape index (κ1) is 17.0. The van der Waals surface area contributed by atoms with Gasteiger partial charge >= 0.3 is 0 Å². The molecule has 2 aromatic rings. The van der Waals surface area contributed by atoms with Crippen LogP contribution in [0.15, 0.2) is 33.9 Å². The highest BCUT2D eigenvalue weighted by Gasteiger charge is 2.20. The van der Waals surface area contributed by atoms with E-state index < -0.39 is 0 Å². The average Bonchev–Trinajstić information content (AvgIpc) is 3.04. The van der Waals surface area contributed by atoms with Crippen molar-refractivity contribution in [2.24, 2.45) is 5.92 Å². The Morgan fingerprint density at radius 1 is 1.25 bits per heavy atom. The number of carbonyl (C=O) groups excluding carboxylic acids is 1. The van der Waals surface area contributed by atoms with Gasteiger partial charge in [0.1, 0.15) is 0 Å². The van der Waals surface area contributed by atoms with Crippen LogP contribution in [0.4, 0.5) is 0 Å². The average molecular weight is 345 g/mol. The molecule has 24 heavy (non-hydrogen) atoms. The topological polar surface area (TPSA) is 68.0 Å². The van der Waals surface area contributed by atoms with Gasteiger partial charge in [-0.2, -0.15) is 0 Å². The van der Waals surface area contributed by atoms with Crippen LogP contribution in [0.5, 0.6) is 0 Å². The largest absolute Gasteiger partial charge is 0.411 e. The summed E-state index contributed by atoms with van der Waals surface area (Å²) >= 11 is 1.29. The lowest BCUT2D eigenvalue weighted by atomic mass is 9.87. The molecule has 0 bridgehead atoms. The van der Waals surface area contributed by atoms with E-state index >= 15 is 0 Å². The summed E-state index contributed by atoms with van der Waals surface area (Å²) in [6.07, 6.45) is 4.55. The summed E-state index contributed by atoms with van der Waals surface area (Å²) in [5.41, 5.74) is 2.01. The van der Waals surface area contributed by atoms with Crippen molar-refractivity contribution in [3.63, 3.8) is 0 Å². The molecular formula is C18H23N3O2S. The van der Waals surface area contributed by atoms with Crippen LogP contribution in [-0.2, 0) is 4.79 Å². The molecule has 1 fully saturated rings. The van der Waals surface area contributed by atoms with E-state index in [9.17, 15) is 4.79 Å². The van der Waals surface area contributed by atoms with Crippen LogP contribution in [0.3, 0.4) is 0 Å². The molecule has 0 saturated heterocycles. The lowest BCUT2D eigenvalue weighted by Gasteiger charge is -2.26. The van der Waals surface area contributed by atoms with E-state index in [4.69, 9.17) is 4.42 Å². The van der Waals surface area contributed by atoms with Gasteiger partial charge in [-0.1, -0.05) is 36.9 Å². The number of hydrogen-bond donors (Lipinski definition) is 1. The fourth-order valence-corrected chi connectivity index (χ4v) is 3.57. The number of rotatable bonds is 5. The number of aromatic nitrogens is 2. The quantitative estimate of drug-likeness (QED) is 0.834. The molecule has 1 amide bonds. The van der Waals surface area contributed by atoms with Crippen molar-refractivity contribution in [2.45, 2.75) is 50.8 Å². The molecule has 0 atom stereocenters. The van der Waals surface area contributed by atoms with Gasteiger partial charge in [-0.15, -0.1) is 10.2 Å². The van der Waals surface area contributed by atoms with E-state index in [0.717, 1.165) is 29.9 Å². The number of thioether (sulfide) groups is 1. The van der Waals surface area contributed by atoms with Crippen LogP contribution in [0.1, 0.15) is 38.2 Å². The highest BCUT2D eigenvalue weighted by atomic mass is 32.2. The van der Waals surface area contributed by atoms with E-state index in [0.29, 0.717) is 22.9 Å². The molecule has 5 nitrogen and oxygen atoms in total. The Kier molecular flexibility index (Phi) is 5.56. The molecule has 1 aliphatic carbocycles. The summed E-state index contributed by atoms with van der Waals surface area (Å²) in [6, 6.07) is 8.19. The highest BCUT2D eigenvalue weighted by Crippen LogP contribution is 2.26. The summed E-state index contributed by atoms with van der Waals surface area (Å²) in [5.74, 6) is 1.62. The number of carbonyl (C=O) groups is 1. The molecule has 3 rings (SSSR count). The third-order valence-electron chi connectivity index (χ3n) is 4.49. The summed E-state index contributed by atoms with van der Waals surface area (Å²) in [7, 11) is 0. The maximum Gasteiger partial charge on any atom is 0.277 e. The van der Waals surface area contributed by atoms with Crippen molar-refractivity contribution in [2.75, 3.05) is 5.75 Å². The third-order valence-corrected chi connectivity index (χ3v) is 5.31. The molecule has 1 heterocycles. The van der Waals surface area contributed by atoms with E-state index in [1.165, 1.54) is 24.6 Å². The van der Waals surface area contributed by atoms with Crippen molar-refractivity contribution in [1.29, 1.82) is 0 Å². The molecule has 0 radical (unpaired) electrons. The molecule has 128 valence electrons. The molecule has 1 N–H and O–H groups in total. The van der Waals surface area contributed by atoms with Crippen molar-refractivity contribution < 1.29 is 9.21 Å². The van der Waals surface area contributed by atoms with Crippen molar-refractivity contribution in [3.8, 4) is 11.5 Å². The maximum atomic E-state index is 12.1. The van der Waals surface area contributed by atoms with E-state index in [1.54, 1.807) is 0 Å². The summed E-state index contributed by atoms with van der Waals surface area (Å²) in [4.78, 5) is 12.1. The number of nitrogens with one attached hydrogen (secondary N) is 1. The molecule has 1 saturated carbocycles. The lowest BCUT2D eigenvalue weighted by Crippen LogP contribution is -2.38. The van der Waals surface area contributed by atoms with Gasteiger partial charge in [0.25, 0.3) is 5.22 Å². The zero-order valence-electron chi connectivity index (χ0n) is 14.1.